The van der Waals surface area contributed by atoms with E-state index in [4.69, 9.17) is 4.74 Å². The highest BCUT2D eigenvalue weighted by molar-refractivity contribution is 5.86. The maximum Gasteiger partial charge on any atom is 0.411 e. The Morgan fingerprint density at radius 1 is 1.31 bits per heavy atom. The van der Waals surface area contributed by atoms with Crippen LogP contribution in [0.15, 0.2) is 30.3 Å². The van der Waals surface area contributed by atoms with Gasteiger partial charge in [-0.25, -0.2) is 4.79 Å². The number of hydrogen-bond acceptors (Lipinski definition) is 5. The number of likely N-dealkylation sites (N-methyl/N-ethyl adjacent to an activating group) is 1. The number of nitrogens with zero attached hydrogens (tertiary/aromatic N) is 1. The zero-order chi connectivity index (χ0) is 19.3. The van der Waals surface area contributed by atoms with Gasteiger partial charge in [0.15, 0.2) is 0 Å². The Labute approximate surface area is 154 Å². The zero-order valence-corrected chi connectivity index (χ0v) is 15.9. The molecule has 0 radical (unpaired) electrons. The second-order valence-corrected chi connectivity index (χ2v) is 7.52. The SMILES string of the molecule is CNC1CC(C(=O)NC(CO)c2ccccc2)N(C(=O)OC(C)(C)C)C1. The number of aliphatic hydroxyl groups excluding tert-OH is 1. The van der Waals surface area contributed by atoms with E-state index in [0.29, 0.717) is 13.0 Å². The van der Waals surface area contributed by atoms with Gasteiger partial charge in [0.2, 0.25) is 5.91 Å². The Kier molecular flexibility index (Phi) is 6.61. The number of rotatable bonds is 5. The molecule has 0 aromatic heterocycles. The van der Waals surface area contributed by atoms with E-state index in [2.05, 4.69) is 10.6 Å². The number of benzene rings is 1. The lowest BCUT2D eigenvalue weighted by molar-refractivity contribution is -0.126. The fourth-order valence-corrected chi connectivity index (χ4v) is 3.00. The first-order chi connectivity index (χ1) is 12.2. The van der Waals surface area contributed by atoms with Gasteiger partial charge in [0.25, 0.3) is 0 Å². The van der Waals surface area contributed by atoms with E-state index in [0.717, 1.165) is 5.56 Å². The first-order valence-electron chi connectivity index (χ1n) is 8.88. The Morgan fingerprint density at radius 3 is 2.50 bits per heavy atom. The van der Waals surface area contributed by atoms with Crippen molar-refractivity contribution in [2.75, 3.05) is 20.2 Å². The number of ether oxygens (including phenoxy) is 1. The Balaban J connectivity index is 2.12. The predicted molar refractivity (Wildman–Crippen MR) is 98.6 cm³/mol. The van der Waals surface area contributed by atoms with Gasteiger partial charge in [0, 0.05) is 12.6 Å². The molecule has 3 N–H and O–H groups in total. The van der Waals surface area contributed by atoms with Crippen molar-refractivity contribution in [2.45, 2.75) is 50.9 Å². The molecule has 1 fully saturated rings. The van der Waals surface area contributed by atoms with E-state index >= 15 is 0 Å². The number of hydrogen-bond donors (Lipinski definition) is 3. The van der Waals surface area contributed by atoms with Gasteiger partial charge in [0.1, 0.15) is 11.6 Å². The molecule has 3 unspecified atom stereocenters. The smallest absolute Gasteiger partial charge is 0.411 e. The summed E-state index contributed by atoms with van der Waals surface area (Å²) in [7, 11) is 1.80. The highest BCUT2D eigenvalue weighted by Gasteiger charge is 2.41. The second kappa shape index (κ2) is 8.51. The van der Waals surface area contributed by atoms with Crippen LogP contribution in [0, 0.1) is 0 Å². The summed E-state index contributed by atoms with van der Waals surface area (Å²) in [5.41, 5.74) is 0.184. The molecule has 1 saturated heterocycles. The van der Waals surface area contributed by atoms with Gasteiger partial charge in [-0.15, -0.1) is 0 Å². The summed E-state index contributed by atoms with van der Waals surface area (Å²) in [6.07, 6.45) is -0.00946. The lowest BCUT2D eigenvalue weighted by Crippen LogP contribution is -2.48. The molecule has 144 valence electrons. The average molecular weight is 363 g/mol. The maximum atomic E-state index is 12.8. The number of aliphatic hydroxyl groups is 1. The molecule has 2 rings (SSSR count). The molecule has 26 heavy (non-hydrogen) atoms. The molecule has 1 aliphatic heterocycles. The third kappa shape index (κ3) is 5.19. The molecule has 1 heterocycles. The van der Waals surface area contributed by atoms with Crippen molar-refractivity contribution in [3.8, 4) is 0 Å². The zero-order valence-electron chi connectivity index (χ0n) is 15.9. The van der Waals surface area contributed by atoms with Crippen LogP contribution in [-0.4, -0.2) is 59.9 Å². The lowest BCUT2D eigenvalue weighted by atomic mass is 10.1. The van der Waals surface area contributed by atoms with Gasteiger partial charge in [-0.2, -0.15) is 0 Å². The number of amides is 2. The van der Waals surface area contributed by atoms with Gasteiger partial charge >= 0.3 is 6.09 Å². The van der Waals surface area contributed by atoms with Crippen molar-refractivity contribution < 1.29 is 19.4 Å². The number of nitrogens with one attached hydrogen (secondary N) is 2. The van der Waals surface area contributed by atoms with Crippen LogP contribution in [0.1, 0.15) is 38.8 Å². The number of carbonyl (C=O) groups is 2. The molecule has 1 aromatic carbocycles. The molecule has 1 aliphatic rings. The molecule has 0 aliphatic carbocycles. The second-order valence-electron chi connectivity index (χ2n) is 7.52. The molecular weight excluding hydrogens is 334 g/mol. The van der Waals surface area contributed by atoms with Crippen LogP contribution >= 0.6 is 0 Å². The van der Waals surface area contributed by atoms with Gasteiger partial charge in [0.05, 0.1) is 12.6 Å². The maximum absolute atomic E-state index is 12.8. The summed E-state index contributed by atoms with van der Waals surface area (Å²) in [6, 6.07) is 8.13. The van der Waals surface area contributed by atoms with Gasteiger partial charge in [-0.3, -0.25) is 9.69 Å². The minimum absolute atomic E-state index is 0.0163. The van der Waals surface area contributed by atoms with Crippen molar-refractivity contribution in [1.29, 1.82) is 0 Å². The normalized spacial score (nSPS) is 21.3. The van der Waals surface area contributed by atoms with E-state index in [-0.39, 0.29) is 18.6 Å². The molecule has 7 nitrogen and oxygen atoms in total. The summed E-state index contributed by atoms with van der Waals surface area (Å²) < 4.78 is 5.44. The summed E-state index contributed by atoms with van der Waals surface area (Å²) >= 11 is 0. The van der Waals surface area contributed by atoms with Crippen LogP contribution in [0.25, 0.3) is 0 Å². The first-order valence-corrected chi connectivity index (χ1v) is 8.88. The van der Waals surface area contributed by atoms with Crippen LogP contribution in [-0.2, 0) is 9.53 Å². The van der Waals surface area contributed by atoms with E-state index in [9.17, 15) is 14.7 Å². The van der Waals surface area contributed by atoms with Crippen LogP contribution in [0.2, 0.25) is 0 Å². The third-order valence-electron chi connectivity index (χ3n) is 4.34. The Morgan fingerprint density at radius 2 is 1.96 bits per heavy atom. The predicted octanol–water partition coefficient (Wildman–Crippen LogP) is 1.43. The molecule has 2 amide bonds. The highest BCUT2D eigenvalue weighted by Crippen LogP contribution is 2.22. The summed E-state index contributed by atoms with van der Waals surface area (Å²) in [5, 5.41) is 15.6. The van der Waals surface area contributed by atoms with Crippen LogP contribution in [0.4, 0.5) is 4.79 Å². The van der Waals surface area contributed by atoms with Crippen LogP contribution < -0.4 is 10.6 Å². The first kappa shape index (κ1) is 20.2. The van der Waals surface area contributed by atoms with E-state index in [1.165, 1.54) is 4.90 Å². The van der Waals surface area contributed by atoms with Crippen molar-refractivity contribution in [3.63, 3.8) is 0 Å². The van der Waals surface area contributed by atoms with Crippen molar-refractivity contribution in [2.24, 2.45) is 0 Å². The fourth-order valence-electron chi connectivity index (χ4n) is 3.00. The molecule has 1 aromatic rings. The minimum Gasteiger partial charge on any atom is -0.444 e. The molecule has 3 atom stereocenters. The Bertz CT molecular complexity index is 615. The quantitative estimate of drug-likeness (QED) is 0.736. The average Bonchev–Trinajstić information content (AvgIpc) is 3.03. The standard InChI is InChI=1S/C19H29N3O4/c1-19(2,3)26-18(25)22-11-14(20-4)10-16(22)17(24)21-15(12-23)13-8-6-5-7-9-13/h5-9,14-16,20,23H,10-12H2,1-4H3,(H,21,24). The molecule has 7 heteroatoms. The van der Waals surface area contributed by atoms with E-state index < -0.39 is 23.8 Å². The fraction of sp³-hybridized carbons (Fsp3) is 0.579. The molecular formula is C19H29N3O4. The minimum atomic E-state index is -0.639. The highest BCUT2D eigenvalue weighted by atomic mass is 16.6. The van der Waals surface area contributed by atoms with Crippen molar-refractivity contribution in [1.82, 2.24) is 15.5 Å². The van der Waals surface area contributed by atoms with Crippen molar-refractivity contribution >= 4 is 12.0 Å². The monoisotopic (exact) mass is 363 g/mol. The Hall–Kier alpha value is -2.12. The van der Waals surface area contributed by atoms with E-state index in [1.54, 1.807) is 27.8 Å². The van der Waals surface area contributed by atoms with Crippen LogP contribution in [0.5, 0.6) is 0 Å². The summed E-state index contributed by atoms with van der Waals surface area (Å²) in [6.45, 7) is 5.57. The van der Waals surface area contributed by atoms with Gasteiger partial charge < -0.3 is 20.5 Å². The third-order valence-corrected chi connectivity index (χ3v) is 4.34. The van der Waals surface area contributed by atoms with Crippen LogP contribution in [0.3, 0.4) is 0 Å². The molecule has 0 saturated carbocycles. The number of likely N-dealkylation sites (tertiary alicyclic amines) is 1. The topological polar surface area (TPSA) is 90.9 Å². The largest absolute Gasteiger partial charge is 0.444 e. The molecule has 0 spiro atoms. The van der Waals surface area contributed by atoms with Crippen molar-refractivity contribution in [3.05, 3.63) is 35.9 Å². The summed E-state index contributed by atoms with van der Waals surface area (Å²) in [4.78, 5) is 26.8. The van der Waals surface area contributed by atoms with Gasteiger partial charge in [-0.05, 0) is 39.8 Å². The van der Waals surface area contributed by atoms with E-state index in [1.807, 2.05) is 30.3 Å². The lowest BCUT2D eigenvalue weighted by Gasteiger charge is -2.29. The summed E-state index contributed by atoms with van der Waals surface area (Å²) in [5.74, 6) is -0.295. The molecule has 0 bridgehead atoms. The number of carbonyl (C=O) groups excluding carboxylic acids is 2. The van der Waals surface area contributed by atoms with Gasteiger partial charge in [-0.1, -0.05) is 30.3 Å².